The van der Waals surface area contributed by atoms with Crippen molar-refractivity contribution in [2.45, 2.75) is 37.8 Å². The maximum atomic E-state index is 11.2. The second-order valence-corrected chi connectivity index (χ2v) is 7.01. The Kier molecular flexibility index (Phi) is 3.33. The first-order valence-corrected chi connectivity index (χ1v) is 7.51. The highest BCUT2D eigenvalue weighted by molar-refractivity contribution is 7.91. The van der Waals surface area contributed by atoms with E-state index in [1.54, 1.807) is 0 Å². The molecule has 2 N–H and O–H groups in total. The summed E-state index contributed by atoms with van der Waals surface area (Å²) in [5.41, 5.74) is 0. The Morgan fingerprint density at radius 1 is 1.27 bits per heavy atom. The van der Waals surface area contributed by atoms with Gasteiger partial charge in [-0.1, -0.05) is 0 Å². The lowest BCUT2D eigenvalue weighted by molar-refractivity contribution is 0.147. The van der Waals surface area contributed by atoms with Crippen LogP contribution in [0.4, 0.5) is 0 Å². The summed E-state index contributed by atoms with van der Waals surface area (Å²) < 4.78 is 22.4. The van der Waals surface area contributed by atoms with E-state index in [1.807, 2.05) is 0 Å². The lowest BCUT2D eigenvalue weighted by atomic mass is 10.1. The maximum absolute atomic E-state index is 11.2. The van der Waals surface area contributed by atoms with Crippen molar-refractivity contribution in [3.8, 4) is 0 Å². The van der Waals surface area contributed by atoms with Gasteiger partial charge in [-0.2, -0.15) is 0 Å². The third-order valence-corrected chi connectivity index (χ3v) is 5.31. The van der Waals surface area contributed by atoms with Gasteiger partial charge in [-0.25, -0.2) is 8.42 Å². The normalized spacial score (nSPS) is 39.7. The van der Waals surface area contributed by atoms with Crippen LogP contribution in [0.25, 0.3) is 0 Å². The van der Waals surface area contributed by atoms with E-state index in [2.05, 4.69) is 5.32 Å². The van der Waals surface area contributed by atoms with Gasteiger partial charge in [0, 0.05) is 6.04 Å². The van der Waals surface area contributed by atoms with Gasteiger partial charge in [0.25, 0.3) is 0 Å². The van der Waals surface area contributed by atoms with Crippen LogP contribution in [-0.4, -0.2) is 43.7 Å². The number of rotatable bonds is 3. The molecule has 2 aliphatic rings. The van der Waals surface area contributed by atoms with Crippen molar-refractivity contribution < 1.29 is 13.5 Å². The van der Waals surface area contributed by atoms with Crippen LogP contribution in [0.1, 0.15) is 25.7 Å². The Morgan fingerprint density at radius 3 is 2.60 bits per heavy atom. The zero-order valence-corrected chi connectivity index (χ0v) is 9.67. The van der Waals surface area contributed by atoms with Gasteiger partial charge in [-0.05, 0) is 38.1 Å². The van der Waals surface area contributed by atoms with Gasteiger partial charge in [-0.3, -0.25) is 0 Å². The molecule has 1 saturated heterocycles. The molecule has 1 heterocycles. The van der Waals surface area contributed by atoms with E-state index >= 15 is 0 Å². The predicted molar refractivity (Wildman–Crippen MR) is 58.4 cm³/mol. The molecule has 0 radical (unpaired) electrons. The molecule has 0 aromatic rings. The van der Waals surface area contributed by atoms with Crippen molar-refractivity contribution in [1.29, 1.82) is 0 Å². The van der Waals surface area contributed by atoms with Crippen molar-refractivity contribution in [2.75, 3.05) is 18.1 Å². The first kappa shape index (κ1) is 11.4. The van der Waals surface area contributed by atoms with E-state index in [0.29, 0.717) is 11.5 Å². The maximum Gasteiger partial charge on any atom is 0.150 e. The molecule has 1 saturated carbocycles. The van der Waals surface area contributed by atoms with E-state index in [1.165, 1.54) is 0 Å². The summed E-state index contributed by atoms with van der Waals surface area (Å²) in [5, 5.41) is 12.9. The highest BCUT2D eigenvalue weighted by Crippen LogP contribution is 2.21. The minimum Gasteiger partial charge on any atom is -0.392 e. The van der Waals surface area contributed by atoms with Crippen molar-refractivity contribution in [1.82, 2.24) is 5.32 Å². The minimum atomic E-state index is -2.76. The van der Waals surface area contributed by atoms with Crippen LogP contribution >= 0.6 is 0 Å². The summed E-state index contributed by atoms with van der Waals surface area (Å²) in [7, 11) is -2.76. The molecule has 3 unspecified atom stereocenters. The van der Waals surface area contributed by atoms with Gasteiger partial charge < -0.3 is 10.4 Å². The Balaban J connectivity index is 1.75. The van der Waals surface area contributed by atoms with Crippen LogP contribution < -0.4 is 5.32 Å². The number of hydrogen-bond acceptors (Lipinski definition) is 4. The average Bonchev–Trinajstić information content (AvgIpc) is 2.69. The molecular weight excluding hydrogens is 214 g/mol. The van der Waals surface area contributed by atoms with E-state index in [-0.39, 0.29) is 18.1 Å². The summed E-state index contributed by atoms with van der Waals surface area (Å²) in [6.45, 7) is 0.737. The van der Waals surface area contributed by atoms with Crippen LogP contribution in [0.3, 0.4) is 0 Å². The minimum absolute atomic E-state index is 0.188. The molecule has 0 bridgehead atoms. The molecule has 88 valence electrons. The molecule has 0 aromatic heterocycles. The summed E-state index contributed by atoms with van der Waals surface area (Å²) in [4.78, 5) is 0. The van der Waals surface area contributed by atoms with Crippen LogP contribution in [0, 0.1) is 5.92 Å². The topological polar surface area (TPSA) is 66.4 Å². The van der Waals surface area contributed by atoms with Gasteiger partial charge in [-0.15, -0.1) is 0 Å². The Morgan fingerprint density at radius 2 is 2.07 bits per heavy atom. The zero-order chi connectivity index (χ0) is 10.9. The molecule has 0 aromatic carbocycles. The Labute approximate surface area is 91.0 Å². The SMILES string of the molecule is O=S1(=O)CCC(CNC2CCCC2O)C1. The van der Waals surface area contributed by atoms with Crippen molar-refractivity contribution >= 4 is 9.84 Å². The summed E-state index contributed by atoms with van der Waals surface area (Å²) in [5.74, 6) is 0.915. The standard InChI is InChI=1S/C10H19NO3S/c12-10-3-1-2-9(10)11-6-8-4-5-15(13,14)7-8/h8-12H,1-7H2. The molecular formula is C10H19NO3S. The number of aliphatic hydroxyl groups is 1. The molecule has 1 aliphatic heterocycles. The zero-order valence-electron chi connectivity index (χ0n) is 8.85. The van der Waals surface area contributed by atoms with Crippen LogP contribution in [-0.2, 0) is 9.84 Å². The molecule has 3 atom stereocenters. The first-order valence-electron chi connectivity index (χ1n) is 5.69. The van der Waals surface area contributed by atoms with Gasteiger partial charge in [0.15, 0.2) is 9.84 Å². The second-order valence-electron chi connectivity index (χ2n) is 4.78. The Bertz CT molecular complexity index is 315. The third-order valence-electron chi connectivity index (χ3n) is 3.47. The Hall–Kier alpha value is -0.130. The fourth-order valence-electron chi connectivity index (χ4n) is 2.53. The largest absolute Gasteiger partial charge is 0.392 e. The van der Waals surface area contributed by atoms with Gasteiger partial charge >= 0.3 is 0 Å². The molecule has 15 heavy (non-hydrogen) atoms. The highest BCUT2D eigenvalue weighted by atomic mass is 32.2. The van der Waals surface area contributed by atoms with Gasteiger partial charge in [0.1, 0.15) is 0 Å². The summed E-state index contributed by atoms with van der Waals surface area (Å²) in [6, 6.07) is 0.188. The molecule has 2 rings (SSSR count). The van der Waals surface area contributed by atoms with Crippen molar-refractivity contribution in [3.05, 3.63) is 0 Å². The van der Waals surface area contributed by atoms with Crippen LogP contribution in [0.5, 0.6) is 0 Å². The van der Waals surface area contributed by atoms with E-state index in [0.717, 1.165) is 32.2 Å². The molecule has 5 heteroatoms. The fraction of sp³-hybridized carbons (Fsp3) is 1.00. The van der Waals surface area contributed by atoms with Crippen LogP contribution in [0.15, 0.2) is 0 Å². The fourth-order valence-corrected chi connectivity index (χ4v) is 4.39. The predicted octanol–water partition coefficient (Wildman–Crippen LogP) is -0.0759. The van der Waals surface area contributed by atoms with Gasteiger partial charge in [0.2, 0.25) is 0 Å². The van der Waals surface area contributed by atoms with E-state index in [4.69, 9.17) is 0 Å². The molecule has 0 spiro atoms. The molecule has 2 fully saturated rings. The average molecular weight is 233 g/mol. The van der Waals surface area contributed by atoms with E-state index < -0.39 is 9.84 Å². The third kappa shape index (κ3) is 2.92. The first-order chi connectivity index (χ1) is 7.07. The molecule has 0 amide bonds. The van der Waals surface area contributed by atoms with E-state index in [9.17, 15) is 13.5 Å². The quantitative estimate of drug-likeness (QED) is 0.716. The van der Waals surface area contributed by atoms with Crippen LogP contribution in [0.2, 0.25) is 0 Å². The number of aliphatic hydroxyl groups excluding tert-OH is 1. The highest BCUT2D eigenvalue weighted by Gasteiger charge is 2.30. The van der Waals surface area contributed by atoms with Gasteiger partial charge in [0.05, 0.1) is 17.6 Å². The lowest BCUT2D eigenvalue weighted by Gasteiger charge is -2.18. The number of sulfone groups is 1. The van der Waals surface area contributed by atoms with Crippen molar-refractivity contribution in [2.24, 2.45) is 5.92 Å². The summed E-state index contributed by atoms with van der Waals surface area (Å²) >= 11 is 0. The lowest BCUT2D eigenvalue weighted by Crippen LogP contribution is -2.38. The monoisotopic (exact) mass is 233 g/mol. The second kappa shape index (κ2) is 4.39. The summed E-state index contributed by atoms with van der Waals surface area (Å²) in [6.07, 6.45) is 3.50. The molecule has 4 nitrogen and oxygen atoms in total. The number of nitrogens with one attached hydrogen (secondary N) is 1. The van der Waals surface area contributed by atoms with Crippen molar-refractivity contribution in [3.63, 3.8) is 0 Å². The molecule has 1 aliphatic carbocycles. The smallest absolute Gasteiger partial charge is 0.150 e. The number of hydrogen-bond donors (Lipinski definition) is 2.